The quantitative estimate of drug-likeness (QED) is 0.406. The van der Waals surface area contributed by atoms with Crippen LogP contribution in [0.5, 0.6) is 0 Å². The van der Waals surface area contributed by atoms with Gasteiger partial charge in [0.1, 0.15) is 17.0 Å². The number of aromatic carboxylic acids is 1. The first-order valence-electron chi connectivity index (χ1n) is 9.34. The maximum Gasteiger partial charge on any atom is 0.413 e. The number of anilines is 3. The molecule has 0 aromatic carbocycles. The van der Waals surface area contributed by atoms with Gasteiger partial charge in [0, 0.05) is 24.0 Å². The van der Waals surface area contributed by atoms with E-state index in [1.54, 1.807) is 27.8 Å². The highest BCUT2D eigenvalue weighted by molar-refractivity contribution is 7.14. The number of carboxylic acids is 1. The third-order valence-electron chi connectivity index (χ3n) is 3.78. The van der Waals surface area contributed by atoms with Crippen molar-refractivity contribution in [2.75, 3.05) is 16.0 Å². The van der Waals surface area contributed by atoms with E-state index < -0.39 is 29.5 Å². The highest BCUT2D eigenvalue weighted by Gasteiger charge is 2.20. The van der Waals surface area contributed by atoms with Gasteiger partial charge in [0.05, 0.1) is 5.69 Å². The van der Waals surface area contributed by atoms with Crippen molar-refractivity contribution < 1.29 is 29.0 Å². The second kappa shape index (κ2) is 9.38. The Morgan fingerprint density at radius 2 is 1.58 bits per heavy atom. The fraction of sp³-hybridized carbons (Fsp3) is 0.263. The van der Waals surface area contributed by atoms with Crippen molar-refractivity contribution in [3.05, 3.63) is 40.1 Å². The highest BCUT2D eigenvalue weighted by Crippen LogP contribution is 2.21. The second-order valence-corrected chi connectivity index (χ2v) is 9.36. The summed E-state index contributed by atoms with van der Waals surface area (Å²) in [7, 11) is 1.61. The summed E-state index contributed by atoms with van der Waals surface area (Å²) in [4.78, 5) is 55.6. The van der Waals surface area contributed by atoms with Crippen LogP contribution in [0.2, 0.25) is 0 Å². The van der Waals surface area contributed by atoms with Crippen molar-refractivity contribution in [3.63, 3.8) is 0 Å². The molecule has 4 N–H and O–H groups in total. The molecule has 0 aliphatic carbocycles. The lowest BCUT2D eigenvalue weighted by Crippen LogP contribution is -2.27. The average Bonchev–Trinajstić information content (AvgIpc) is 3.40. The third kappa shape index (κ3) is 6.36. The Morgan fingerprint density at radius 3 is 2.18 bits per heavy atom. The van der Waals surface area contributed by atoms with Gasteiger partial charge in [-0.25, -0.2) is 19.6 Å². The molecule has 3 aromatic heterocycles. The molecule has 3 heterocycles. The number of rotatable bonds is 6. The lowest BCUT2D eigenvalue weighted by molar-refractivity contribution is 0.0633. The Hall–Kier alpha value is -3.78. The van der Waals surface area contributed by atoms with E-state index >= 15 is 0 Å². The zero-order valence-corrected chi connectivity index (χ0v) is 19.6. The predicted molar refractivity (Wildman–Crippen MR) is 122 cm³/mol. The molecular formula is C19H20N6O6S2. The molecule has 0 unspecified atom stereocenters. The first kappa shape index (κ1) is 23.9. The fourth-order valence-electron chi connectivity index (χ4n) is 2.47. The van der Waals surface area contributed by atoms with Crippen LogP contribution in [0.3, 0.4) is 0 Å². The van der Waals surface area contributed by atoms with Gasteiger partial charge in [0.25, 0.3) is 11.8 Å². The molecule has 3 amide bonds. The summed E-state index contributed by atoms with van der Waals surface area (Å²) < 4.78 is 6.64. The van der Waals surface area contributed by atoms with Crippen molar-refractivity contribution in [3.8, 4) is 0 Å². The lowest BCUT2D eigenvalue weighted by atomic mass is 10.2. The van der Waals surface area contributed by atoms with Gasteiger partial charge in [0.2, 0.25) is 0 Å². The molecule has 3 aromatic rings. The molecule has 0 spiro atoms. The number of hydrogen-bond donors (Lipinski definition) is 4. The molecule has 0 bridgehead atoms. The third-order valence-corrected chi connectivity index (χ3v) is 5.30. The predicted octanol–water partition coefficient (Wildman–Crippen LogP) is 3.49. The van der Waals surface area contributed by atoms with Gasteiger partial charge in [-0.15, -0.1) is 22.7 Å². The maximum absolute atomic E-state index is 12.5. The zero-order valence-electron chi connectivity index (χ0n) is 18.0. The van der Waals surface area contributed by atoms with Crippen LogP contribution in [0, 0.1) is 0 Å². The molecule has 0 saturated heterocycles. The number of ether oxygens (including phenoxy) is 1. The summed E-state index contributed by atoms with van der Waals surface area (Å²) in [6.07, 6.45) is 0.849. The molecular weight excluding hydrogens is 472 g/mol. The number of carbonyl (C=O) groups excluding carboxylic acids is 3. The molecule has 0 saturated carbocycles. The van der Waals surface area contributed by atoms with Crippen LogP contribution in [0.4, 0.5) is 20.7 Å². The van der Waals surface area contributed by atoms with Gasteiger partial charge in [0.15, 0.2) is 16.0 Å². The van der Waals surface area contributed by atoms with Crippen LogP contribution in [-0.4, -0.2) is 49.1 Å². The number of nitrogens with one attached hydrogen (secondary N) is 3. The molecule has 0 aliphatic rings. The van der Waals surface area contributed by atoms with Gasteiger partial charge < -0.3 is 19.7 Å². The Kier molecular flexibility index (Phi) is 6.78. The fourth-order valence-corrected chi connectivity index (χ4v) is 3.83. The summed E-state index contributed by atoms with van der Waals surface area (Å²) in [6, 6.07) is 1.45. The van der Waals surface area contributed by atoms with Crippen molar-refractivity contribution in [2.24, 2.45) is 7.05 Å². The van der Waals surface area contributed by atoms with E-state index in [1.165, 1.54) is 27.6 Å². The summed E-state index contributed by atoms with van der Waals surface area (Å²) in [6.45, 7) is 5.18. The maximum atomic E-state index is 12.5. The van der Waals surface area contributed by atoms with Crippen molar-refractivity contribution in [1.29, 1.82) is 0 Å². The average molecular weight is 493 g/mol. The number of amides is 3. The van der Waals surface area contributed by atoms with Crippen LogP contribution < -0.4 is 16.0 Å². The molecule has 174 valence electrons. The lowest BCUT2D eigenvalue weighted by Gasteiger charge is -2.18. The number of carboxylic acid groups (broad SMARTS) is 1. The summed E-state index contributed by atoms with van der Waals surface area (Å²) in [5.74, 6) is -2.25. The number of aromatic nitrogens is 3. The first-order chi connectivity index (χ1) is 15.4. The molecule has 0 atom stereocenters. The SMILES string of the molecule is Cn1cc(NC(=O)c2csc(NC(=O)OC(C)(C)C)n2)cc1C(=O)Nc1nc(C(=O)O)cs1. The zero-order chi connectivity index (χ0) is 24.3. The normalized spacial score (nSPS) is 11.0. The molecule has 0 radical (unpaired) electrons. The van der Waals surface area contributed by atoms with Crippen molar-refractivity contribution >= 4 is 62.5 Å². The highest BCUT2D eigenvalue weighted by atomic mass is 32.1. The Labute approximate surface area is 195 Å². The standard InChI is InChI=1S/C19H20N6O6S2/c1-19(2,3)31-18(30)24-17-21-10(7-32-17)13(26)20-9-5-12(25(4)6-9)14(27)23-16-22-11(8-33-16)15(28)29/h5-8H,1-4H3,(H,20,26)(H,28,29)(H,21,24,30)(H,22,23,27). The van der Waals surface area contributed by atoms with E-state index in [4.69, 9.17) is 9.84 Å². The van der Waals surface area contributed by atoms with Crippen LogP contribution in [-0.2, 0) is 11.8 Å². The summed E-state index contributed by atoms with van der Waals surface area (Å²) >= 11 is 2.04. The minimum absolute atomic E-state index is 0.0740. The second-order valence-electron chi connectivity index (χ2n) is 7.64. The van der Waals surface area contributed by atoms with E-state index in [9.17, 15) is 19.2 Å². The van der Waals surface area contributed by atoms with E-state index in [1.807, 2.05) is 0 Å². The Bertz CT molecular complexity index is 1220. The Balaban J connectivity index is 1.62. The number of aryl methyl sites for hydroxylation is 1. The number of nitrogens with zero attached hydrogens (tertiary/aromatic N) is 3. The molecule has 12 nitrogen and oxygen atoms in total. The molecule has 3 rings (SSSR count). The summed E-state index contributed by atoms with van der Waals surface area (Å²) in [5, 5.41) is 19.7. The van der Waals surface area contributed by atoms with Gasteiger partial charge in [-0.3, -0.25) is 20.2 Å². The topological polar surface area (TPSA) is 165 Å². The Morgan fingerprint density at radius 1 is 0.970 bits per heavy atom. The molecule has 0 fully saturated rings. The minimum Gasteiger partial charge on any atom is -0.476 e. The largest absolute Gasteiger partial charge is 0.476 e. The van der Waals surface area contributed by atoms with E-state index in [0.29, 0.717) is 5.69 Å². The summed E-state index contributed by atoms with van der Waals surface area (Å²) in [5.41, 5.74) is -0.212. The molecule has 0 aliphatic heterocycles. The molecule has 33 heavy (non-hydrogen) atoms. The number of hydrogen-bond acceptors (Lipinski definition) is 9. The minimum atomic E-state index is -1.19. The van der Waals surface area contributed by atoms with Crippen LogP contribution in [0.15, 0.2) is 23.0 Å². The van der Waals surface area contributed by atoms with Crippen molar-refractivity contribution in [2.45, 2.75) is 26.4 Å². The van der Waals surface area contributed by atoms with E-state index in [2.05, 4.69) is 25.9 Å². The van der Waals surface area contributed by atoms with Crippen LogP contribution in [0.25, 0.3) is 0 Å². The van der Waals surface area contributed by atoms with E-state index in [-0.39, 0.29) is 27.3 Å². The van der Waals surface area contributed by atoms with Gasteiger partial charge in [-0.2, -0.15) is 0 Å². The molecule has 14 heteroatoms. The smallest absolute Gasteiger partial charge is 0.413 e. The monoisotopic (exact) mass is 492 g/mol. The number of carbonyl (C=O) groups is 4. The van der Waals surface area contributed by atoms with E-state index in [0.717, 1.165) is 22.7 Å². The van der Waals surface area contributed by atoms with Crippen LogP contribution in [0.1, 0.15) is 52.2 Å². The first-order valence-corrected chi connectivity index (χ1v) is 11.1. The van der Waals surface area contributed by atoms with Crippen molar-refractivity contribution in [1.82, 2.24) is 14.5 Å². The van der Waals surface area contributed by atoms with Gasteiger partial charge in [-0.1, -0.05) is 0 Å². The van der Waals surface area contributed by atoms with Gasteiger partial charge in [-0.05, 0) is 26.8 Å². The number of thiazole rings is 2. The van der Waals surface area contributed by atoms with Crippen LogP contribution >= 0.6 is 22.7 Å². The van der Waals surface area contributed by atoms with Gasteiger partial charge >= 0.3 is 12.1 Å².